The Morgan fingerprint density at radius 3 is 2.54 bits per heavy atom. The number of carbonyl (C=O) groups is 1. The van der Waals surface area contributed by atoms with Crippen LogP contribution < -0.4 is 16.0 Å². The summed E-state index contributed by atoms with van der Waals surface area (Å²) in [6.45, 7) is 8.79. The number of anilines is 1. The van der Waals surface area contributed by atoms with Crippen molar-refractivity contribution in [3.8, 4) is 0 Å². The number of guanidine groups is 1. The molecule has 8 nitrogen and oxygen atoms in total. The molecule has 158 valence electrons. The van der Waals surface area contributed by atoms with Gasteiger partial charge in [-0.25, -0.2) is 9.97 Å². The SMILES string of the molecule is CCNC(=NCCNc1nccc(C(F)(F)F)n1)N(C)CC(=O)NC(C)(C)C. The Kier molecular flexibility index (Phi) is 8.45. The van der Waals surface area contributed by atoms with E-state index in [0.29, 0.717) is 12.5 Å². The van der Waals surface area contributed by atoms with Crippen molar-refractivity contribution in [2.24, 2.45) is 4.99 Å². The number of likely N-dealkylation sites (N-methyl/N-ethyl adjacent to an activating group) is 1. The summed E-state index contributed by atoms with van der Waals surface area (Å²) in [7, 11) is 1.73. The molecule has 1 rings (SSSR count). The summed E-state index contributed by atoms with van der Waals surface area (Å²) in [5, 5.41) is 8.65. The van der Waals surface area contributed by atoms with Crippen molar-refractivity contribution in [1.29, 1.82) is 0 Å². The van der Waals surface area contributed by atoms with Gasteiger partial charge in [-0.2, -0.15) is 13.2 Å². The average molecular weight is 403 g/mol. The maximum Gasteiger partial charge on any atom is 0.433 e. The first-order chi connectivity index (χ1) is 12.9. The van der Waals surface area contributed by atoms with E-state index in [4.69, 9.17) is 0 Å². The molecule has 0 saturated heterocycles. The molecule has 0 unspecified atom stereocenters. The predicted octanol–water partition coefficient (Wildman–Crippen LogP) is 1.72. The third-order valence-electron chi connectivity index (χ3n) is 3.19. The largest absolute Gasteiger partial charge is 0.433 e. The normalized spacial score (nSPS) is 12.5. The number of aromatic nitrogens is 2. The van der Waals surface area contributed by atoms with Crippen LogP contribution in [-0.4, -0.2) is 65.5 Å². The monoisotopic (exact) mass is 403 g/mol. The first-order valence-electron chi connectivity index (χ1n) is 8.87. The summed E-state index contributed by atoms with van der Waals surface area (Å²) in [6, 6.07) is 0.810. The molecular weight excluding hydrogens is 375 g/mol. The van der Waals surface area contributed by atoms with Gasteiger partial charge in [-0.05, 0) is 33.8 Å². The third kappa shape index (κ3) is 8.87. The van der Waals surface area contributed by atoms with Gasteiger partial charge in [-0.1, -0.05) is 0 Å². The van der Waals surface area contributed by atoms with Gasteiger partial charge < -0.3 is 20.9 Å². The number of carbonyl (C=O) groups excluding carboxylic acids is 1. The second-order valence-electron chi connectivity index (χ2n) is 7.08. The zero-order valence-electron chi connectivity index (χ0n) is 16.8. The molecule has 0 bridgehead atoms. The highest BCUT2D eigenvalue weighted by Gasteiger charge is 2.32. The summed E-state index contributed by atoms with van der Waals surface area (Å²) in [4.78, 5) is 25.3. The van der Waals surface area contributed by atoms with Gasteiger partial charge in [0.05, 0.1) is 13.1 Å². The van der Waals surface area contributed by atoms with Gasteiger partial charge >= 0.3 is 6.18 Å². The molecule has 1 amide bonds. The fourth-order valence-corrected chi connectivity index (χ4v) is 2.15. The molecule has 0 spiro atoms. The van der Waals surface area contributed by atoms with Gasteiger partial charge in [0.1, 0.15) is 5.69 Å². The maximum atomic E-state index is 12.7. The molecule has 0 fully saturated rings. The van der Waals surface area contributed by atoms with Crippen molar-refractivity contribution in [2.75, 3.05) is 38.5 Å². The van der Waals surface area contributed by atoms with Gasteiger partial charge in [0.25, 0.3) is 0 Å². The molecule has 1 aromatic heterocycles. The van der Waals surface area contributed by atoms with E-state index in [1.807, 2.05) is 27.7 Å². The highest BCUT2D eigenvalue weighted by Crippen LogP contribution is 2.27. The van der Waals surface area contributed by atoms with E-state index in [0.717, 1.165) is 12.3 Å². The van der Waals surface area contributed by atoms with Crippen LogP contribution in [0.4, 0.5) is 19.1 Å². The summed E-state index contributed by atoms with van der Waals surface area (Å²) in [6.07, 6.45) is -3.47. The van der Waals surface area contributed by atoms with E-state index in [1.165, 1.54) is 0 Å². The van der Waals surface area contributed by atoms with Crippen molar-refractivity contribution in [1.82, 2.24) is 25.5 Å². The van der Waals surface area contributed by atoms with Crippen molar-refractivity contribution in [3.63, 3.8) is 0 Å². The summed E-state index contributed by atoms with van der Waals surface area (Å²) >= 11 is 0. The lowest BCUT2D eigenvalue weighted by molar-refractivity contribution is -0.141. The Hall–Kier alpha value is -2.59. The van der Waals surface area contributed by atoms with E-state index >= 15 is 0 Å². The van der Waals surface area contributed by atoms with E-state index < -0.39 is 11.9 Å². The quantitative estimate of drug-likeness (QED) is 0.365. The van der Waals surface area contributed by atoms with Crippen LogP contribution in [0.5, 0.6) is 0 Å². The molecule has 0 aromatic carbocycles. The zero-order valence-corrected chi connectivity index (χ0v) is 16.8. The highest BCUT2D eigenvalue weighted by molar-refractivity contribution is 5.86. The molecule has 0 aliphatic rings. The molecule has 1 heterocycles. The van der Waals surface area contributed by atoms with Gasteiger partial charge in [0.15, 0.2) is 5.96 Å². The van der Waals surface area contributed by atoms with E-state index in [9.17, 15) is 18.0 Å². The van der Waals surface area contributed by atoms with Crippen LogP contribution in [0.15, 0.2) is 17.3 Å². The lowest BCUT2D eigenvalue weighted by Gasteiger charge is -2.25. The van der Waals surface area contributed by atoms with Crippen LogP contribution in [0.2, 0.25) is 0 Å². The topological polar surface area (TPSA) is 94.5 Å². The number of hydrogen-bond donors (Lipinski definition) is 3. The van der Waals surface area contributed by atoms with E-state index in [-0.39, 0.29) is 37.0 Å². The number of halogens is 3. The predicted molar refractivity (Wildman–Crippen MR) is 102 cm³/mol. The van der Waals surface area contributed by atoms with Gasteiger partial charge in [-0.15, -0.1) is 0 Å². The molecule has 28 heavy (non-hydrogen) atoms. The van der Waals surface area contributed by atoms with Crippen molar-refractivity contribution >= 4 is 17.8 Å². The van der Waals surface area contributed by atoms with Gasteiger partial charge in [-0.3, -0.25) is 9.79 Å². The summed E-state index contributed by atoms with van der Waals surface area (Å²) in [5.74, 6) is 0.252. The molecule has 0 aliphatic carbocycles. The molecule has 11 heteroatoms. The summed E-state index contributed by atoms with van der Waals surface area (Å²) < 4.78 is 38.0. The summed E-state index contributed by atoms with van der Waals surface area (Å²) in [5.41, 5.74) is -1.34. The molecule has 0 aliphatic heterocycles. The standard InChI is InChI=1S/C17H28F3N7O/c1-6-21-15(27(5)11-13(28)26-16(2,3)4)24-10-9-23-14-22-8-7-12(25-14)17(18,19)20/h7-8H,6,9-11H2,1-5H3,(H,21,24)(H,26,28)(H,22,23,25). The smallest absolute Gasteiger partial charge is 0.357 e. The Labute approximate surface area is 163 Å². The number of amides is 1. The minimum Gasteiger partial charge on any atom is -0.357 e. The van der Waals surface area contributed by atoms with Gasteiger partial charge in [0, 0.05) is 31.9 Å². The van der Waals surface area contributed by atoms with Crippen molar-refractivity contribution in [2.45, 2.75) is 39.4 Å². The zero-order chi connectivity index (χ0) is 21.4. The number of aliphatic imine (C=N–C) groups is 1. The van der Waals surface area contributed by atoms with Crippen molar-refractivity contribution < 1.29 is 18.0 Å². The van der Waals surface area contributed by atoms with Crippen LogP contribution in [-0.2, 0) is 11.0 Å². The van der Waals surface area contributed by atoms with E-state index in [2.05, 4.69) is 30.9 Å². The Bertz CT molecular complexity index is 671. The minimum absolute atomic E-state index is 0.118. The second-order valence-corrected chi connectivity index (χ2v) is 7.08. The molecule has 0 atom stereocenters. The third-order valence-corrected chi connectivity index (χ3v) is 3.19. The number of alkyl halides is 3. The molecular formula is C17H28F3N7O. The number of rotatable bonds is 7. The van der Waals surface area contributed by atoms with E-state index in [1.54, 1.807) is 11.9 Å². The Morgan fingerprint density at radius 1 is 1.29 bits per heavy atom. The van der Waals surface area contributed by atoms with Crippen molar-refractivity contribution in [3.05, 3.63) is 18.0 Å². The Morgan fingerprint density at radius 2 is 1.96 bits per heavy atom. The molecule has 0 radical (unpaired) electrons. The van der Waals surface area contributed by atoms with Crippen LogP contribution >= 0.6 is 0 Å². The number of hydrogen-bond acceptors (Lipinski definition) is 5. The molecule has 3 N–H and O–H groups in total. The van der Waals surface area contributed by atoms with Crippen LogP contribution in [0, 0.1) is 0 Å². The van der Waals surface area contributed by atoms with Crippen LogP contribution in [0.1, 0.15) is 33.4 Å². The Balaban J connectivity index is 2.62. The maximum absolute atomic E-state index is 12.7. The minimum atomic E-state index is -4.52. The first kappa shape index (κ1) is 23.4. The molecule has 0 saturated carbocycles. The first-order valence-corrected chi connectivity index (χ1v) is 8.87. The fraction of sp³-hybridized carbons (Fsp3) is 0.647. The highest BCUT2D eigenvalue weighted by atomic mass is 19.4. The number of nitrogens with one attached hydrogen (secondary N) is 3. The molecule has 1 aromatic rings. The lowest BCUT2D eigenvalue weighted by atomic mass is 10.1. The fourth-order valence-electron chi connectivity index (χ4n) is 2.15. The second kappa shape index (κ2) is 10.1. The van der Waals surface area contributed by atoms with Crippen LogP contribution in [0.25, 0.3) is 0 Å². The lowest BCUT2D eigenvalue weighted by Crippen LogP contribution is -2.48. The average Bonchev–Trinajstić information content (AvgIpc) is 2.55. The number of nitrogens with zero attached hydrogens (tertiary/aromatic N) is 4. The van der Waals surface area contributed by atoms with Gasteiger partial charge in [0.2, 0.25) is 11.9 Å². The van der Waals surface area contributed by atoms with Crippen LogP contribution in [0.3, 0.4) is 0 Å².